The highest BCUT2D eigenvalue weighted by molar-refractivity contribution is 5.71. The number of rotatable bonds is 50. The summed E-state index contributed by atoms with van der Waals surface area (Å²) >= 11 is 0. The second-order valence-corrected chi connectivity index (χ2v) is 18.6. The molecule has 6 nitrogen and oxygen atoms in total. The van der Waals surface area contributed by atoms with Crippen LogP contribution in [-0.2, 0) is 28.6 Å². The topological polar surface area (TPSA) is 78.9 Å². The number of esters is 3. The Morgan fingerprint density at radius 3 is 0.956 bits per heavy atom. The summed E-state index contributed by atoms with van der Waals surface area (Å²) in [6, 6.07) is 0. The van der Waals surface area contributed by atoms with Crippen LogP contribution in [0.5, 0.6) is 0 Å². The van der Waals surface area contributed by atoms with Gasteiger partial charge in [-0.15, -0.1) is 0 Å². The number of hydrogen-bond acceptors (Lipinski definition) is 6. The standard InChI is InChI=1S/C62H104O6/c1-4-7-10-13-16-19-22-25-27-29-31-33-34-37-40-43-46-49-52-55-61(64)67-58-59(57-66-60(63)54-51-48-45-42-39-36-24-21-18-15-12-9-6-3)68-62(65)56-53-50-47-44-41-38-35-32-30-28-26-23-20-17-14-11-8-5-2/h9,12,15,18,21,23-24,26,28-32,35-36,39,59H,4-8,10-11,13-14,16-17,19-20,22,25,27,33-34,37-38,40-58H2,1-3H3/b12-9-,18-15-,24-21-,26-23-,30-28-,31-29-,35-32-,39-36-. The molecule has 0 aliphatic rings. The maximum atomic E-state index is 12.8. The normalized spacial score (nSPS) is 12.8. The molecule has 388 valence electrons. The molecular weight excluding hydrogens is 841 g/mol. The van der Waals surface area contributed by atoms with Gasteiger partial charge in [0, 0.05) is 19.3 Å². The van der Waals surface area contributed by atoms with Crippen LogP contribution in [0.2, 0.25) is 0 Å². The van der Waals surface area contributed by atoms with Crippen molar-refractivity contribution in [2.75, 3.05) is 13.2 Å². The monoisotopic (exact) mass is 945 g/mol. The third-order valence-electron chi connectivity index (χ3n) is 11.9. The van der Waals surface area contributed by atoms with Crippen LogP contribution in [-0.4, -0.2) is 37.2 Å². The number of unbranched alkanes of at least 4 members (excludes halogenated alkanes) is 28. The summed E-state index contributed by atoms with van der Waals surface area (Å²) in [6.45, 7) is 6.43. The second kappa shape index (κ2) is 55.9. The van der Waals surface area contributed by atoms with Gasteiger partial charge >= 0.3 is 17.9 Å². The number of hydrogen-bond donors (Lipinski definition) is 0. The summed E-state index contributed by atoms with van der Waals surface area (Å²) in [7, 11) is 0. The summed E-state index contributed by atoms with van der Waals surface area (Å²) in [4.78, 5) is 38.1. The van der Waals surface area contributed by atoms with Crippen LogP contribution < -0.4 is 0 Å². The largest absolute Gasteiger partial charge is 0.462 e. The third kappa shape index (κ3) is 53.3. The zero-order valence-electron chi connectivity index (χ0n) is 44.3. The van der Waals surface area contributed by atoms with Crippen LogP contribution in [0.15, 0.2) is 97.2 Å². The zero-order chi connectivity index (χ0) is 49.3. The number of allylic oxidation sites excluding steroid dienone is 16. The fourth-order valence-corrected chi connectivity index (χ4v) is 7.68. The summed E-state index contributed by atoms with van der Waals surface area (Å²) in [5.41, 5.74) is 0. The second-order valence-electron chi connectivity index (χ2n) is 18.6. The van der Waals surface area contributed by atoms with Crippen LogP contribution in [0, 0.1) is 0 Å². The molecule has 0 N–H and O–H groups in total. The molecule has 0 aromatic rings. The highest BCUT2D eigenvalue weighted by atomic mass is 16.6. The molecule has 0 bridgehead atoms. The SMILES string of the molecule is CC\C=C/C=C\C=C/C=C\CCCCCC(=O)OCC(COC(=O)CCCCCCCCC/C=C\CCCCCCCCCC)OC(=O)CCCCCCC\C=C/C=C\C=C/CCCCCCC. The summed E-state index contributed by atoms with van der Waals surface area (Å²) in [6.07, 6.45) is 74.0. The van der Waals surface area contributed by atoms with E-state index in [1.54, 1.807) is 0 Å². The molecule has 0 aromatic heterocycles. The average Bonchev–Trinajstić information content (AvgIpc) is 3.34. The van der Waals surface area contributed by atoms with Gasteiger partial charge in [0.05, 0.1) is 0 Å². The molecule has 0 aliphatic heterocycles. The van der Waals surface area contributed by atoms with E-state index >= 15 is 0 Å². The van der Waals surface area contributed by atoms with Crippen molar-refractivity contribution in [3.05, 3.63) is 97.2 Å². The van der Waals surface area contributed by atoms with E-state index in [0.717, 1.165) is 96.3 Å². The Morgan fingerprint density at radius 2 is 0.588 bits per heavy atom. The summed E-state index contributed by atoms with van der Waals surface area (Å²) < 4.78 is 16.8. The van der Waals surface area contributed by atoms with Gasteiger partial charge in [-0.1, -0.05) is 246 Å². The lowest BCUT2D eigenvalue weighted by Gasteiger charge is -2.18. The average molecular weight is 946 g/mol. The van der Waals surface area contributed by atoms with Crippen molar-refractivity contribution in [2.45, 2.75) is 264 Å². The Morgan fingerprint density at radius 1 is 0.309 bits per heavy atom. The van der Waals surface area contributed by atoms with Crippen molar-refractivity contribution in [2.24, 2.45) is 0 Å². The highest BCUT2D eigenvalue weighted by Gasteiger charge is 2.19. The van der Waals surface area contributed by atoms with Crippen LogP contribution in [0.4, 0.5) is 0 Å². The minimum absolute atomic E-state index is 0.102. The van der Waals surface area contributed by atoms with E-state index in [4.69, 9.17) is 14.2 Å². The Balaban J connectivity index is 4.46. The maximum absolute atomic E-state index is 12.8. The Bertz CT molecular complexity index is 1360. The van der Waals surface area contributed by atoms with E-state index in [2.05, 4.69) is 81.5 Å². The van der Waals surface area contributed by atoms with Gasteiger partial charge in [-0.2, -0.15) is 0 Å². The van der Waals surface area contributed by atoms with E-state index in [-0.39, 0.29) is 31.1 Å². The highest BCUT2D eigenvalue weighted by Crippen LogP contribution is 2.14. The van der Waals surface area contributed by atoms with E-state index in [1.807, 2.05) is 36.5 Å². The van der Waals surface area contributed by atoms with E-state index in [1.165, 1.54) is 122 Å². The van der Waals surface area contributed by atoms with Crippen LogP contribution >= 0.6 is 0 Å². The lowest BCUT2D eigenvalue weighted by Crippen LogP contribution is -2.30. The molecule has 68 heavy (non-hydrogen) atoms. The predicted octanol–water partition coefficient (Wildman–Crippen LogP) is 18.9. The molecule has 1 unspecified atom stereocenters. The number of ether oxygens (including phenoxy) is 3. The zero-order valence-corrected chi connectivity index (χ0v) is 44.3. The van der Waals surface area contributed by atoms with Gasteiger partial charge in [-0.25, -0.2) is 0 Å². The lowest BCUT2D eigenvalue weighted by atomic mass is 10.1. The Hall–Kier alpha value is -3.67. The van der Waals surface area contributed by atoms with Gasteiger partial charge in [-0.05, 0) is 89.9 Å². The minimum atomic E-state index is -0.807. The Labute approximate surface area is 419 Å². The van der Waals surface area contributed by atoms with Crippen molar-refractivity contribution in [1.82, 2.24) is 0 Å². The quantitative estimate of drug-likeness (QED) is 0.0199. The summed E-state index contributed by atoms with van der Waals surface area (Å²) in [5, 5.41) is 0. The van der Waals surface area contributed by atoms with Crippen molar-refractivity contribution in [3.63, 3.8) is 0 Å². The lowest BCUT2D eigenvalue weighted by molar-refractivity contribution is -0.167. The van der Waals surface area contributed by atoms with Crippen molar-refractivity contribution in [3.8, 4) is 0 Å². The van der Waals surface area contributed by atoms with Crippen molar-refractivity contribution >= 4 is 17.9 Å². The molecule has 0 aromatic carbocycles. The first kappa shape index (κ1) is 64.3. The van der Waals surface area contributed by atoms with Gasteiger partial charge in [0.2, 0.25) is 0 Å². The van der Waals surface area contributed by atoms with Crippen molar-refractivity contribution < 1.29 is 28.6 Å². The molecule has 0 rings (SSSR count). The van der Waals surface area contributed by atoms with E-state index < -0.39 is 6.10 Å². The van der Waals surface area contributed by atoms with Crippen LogP contribution in [0.3, 0.4) is 0 Å². The Kier molecular flexibility index (Phi) is 52.9. The molecule has 6 heteroatoms. The molecule has 0 heterocycles. The van der Waals surface area contributed by atoms with E-state index in [9.17, 15) is 14.4 Å². The van der Waals surface area contributed by atoms with Gasteiger partial charge < -0.3 is 14.2 Å². The van der Waals surface area contributed by atoms with Crippen LogP contribution in [0.1, 0.15) is 258 Å². The molecule has 0 radical (unpaired) electrons. The summed E-state index contributed by atoms with van der Waals surface area (Å²) in [5.74, 6) is -0.964. The fraction of sp³-hybridized carbons (Fsp3) is 0.694. The third-order valence-corrected chi connectivity index (χ3v) is 11.9. The number of carbonyl (C=O) groups excluding carboxylic acids is 3. The first-order valence-corrected chi connectivity index (χ1v) is 28.3. The first-order chi connectivity index (χ1) is 33.5. The molecule has 0 amide bonds. The molecule has 0 saturated heterocycles. The fourth-order valence-electron chi connectivity index (χ4n) is 7.68. The molecule has 0 saturated carbocycles. The van der Waals surface area contributed by atoms with Gasteiger partial charge in [0.1, 0.15) is 13.2 Å². The molecule has 0 spiro atoms. The van der Waals surface area contributed by atoms with Gasteiger partial charge in [0.15, 0.2) is 6.10 Å². The minimum Gasteiger partial charge on any atom is -0.462 e. The van der Waals surface area contributed by atoms with Crippen LogP contribution in [0.25, 0.3) is 0 Å². The van der Waals surface area contributed by atoms with Gasteiger partial charge in [0.25, 0.3) is 0 Å². The maximum Gasteiger partial charge on any atom is 0.306 e. The smallest absolute Gasteiger partial charge is 0.306 e. The predicted molar refractivity (Wildman–Crippen MR) is 293 cm³/mol. The van der Waals surface area contributed by atoms with Gasteiger partial charge in [-0.3, -0.25) is 14.4 Å². The molecular formula is C62H104O6. The molecule has 0 aliphatic carbocycles. The molecule has 1 atom stereocenters. The number of carbonyl (C=O) groups is 3. The van der Waals surface area contributed by atoms with E-state index in [0.29, 0.717) is 19.3 Å². The first-order valence-electron chi connectivity index (χ1n) is 28.3. The molecule has 0 fully saturated rings. The van der Waals surface area contributed by atoms with Crippen molar-refractivity contribution in [1.29, 1.82) is 0 Å².